The lowest BCUT2D eigenvalue weighted by atomic mass is 10.2. The van der Waals surface area contributed by atoms with Gasteiger partial charge in [0, 0.05) is 20.6 Å². The molecule has 0 fully saturated rings. The minimum absolute atomic E-state index is 0.310. The summed E-state index contributed by atoms with van der Waals surface area (Å²) in [6.45, 7) is 0.310. The van der Waals surface area contributed by atoms with Crippen molar-refractivity contribution in [1.82, 2.24) is 4.98 Å². The predicted octanol–water partition coefficient (Wildman–Crippen LogP) is 4.71. The highest BCUT2D eigenvalue weighted by Gasteiger charge is 2.16. The molecule has 2 aromatic heterocycles. The fourth-order valence-electron chi connectivity index (χ4n) is 2.02. The zero-order valence-electron chi connectivity index (χ0n) is 13.7. The SMILES string of the molecule is C/[N+](=N/N)C(=O)Nc1ccsc1COc1nc(-c2ccc(Br)cc2)cs1. The summed E-state index contributed by atoms with van der Waals surface area (Å²) in [6, 6.07) is 9.32. The third kappa shape index (κ3) is 4.45. The molecular weight excluding hydrogens is 438 g/mol. The first-order valence-corrected chi connectivity index (χ1v) is 9.98. The Hall–Kier alpha value is -2.30. The maximum atomic E-state index is 11.8. The van der Waals surface area contributed by atoms with Gasteiger partial charge in [-0.15, -0.1) is 16.0 Å². The molecule has 3 rings (SSSR count). The molecule has 26 heavy (non-hydrogen) atoms. The number of ether oxygens (including phenoxy) is 1. The molecule has 10 heteroatoms. The number of carbonyl (C=O) groups is 1. The Kier molecular flexibility index (Phi) is 5.96. The van der Waals surface area contributed by atoms with E-state index < -0.39 is 6.03 Å². The van der Waals surface area contributed by atoms with Gasteiger partial charge in [0.15, 0.2) is 0 Å². The van der Waals surface area contributed by atoms with Crippen LogP contribution in [0.3, 0.4) is 0 Å². The van der Waals surface area contributed by atoms with Crippen LogP contribution in [0.1, 0.15) is 4.88 Å². The molecule has 0 saturated carbocycles. The van der Waals surface area contributed by atoms with Gasteiger partial charge >= 0.3 is 6.03 Å². The monoisotopic (exact) mass is 452 g/mol. The van der Waals surface area contributed by atoms with Gasteiger partial charge in [0.05, 0.1) is 17.6 Å². The van der Waals surface area contributed by atoms with E-state index in [-0.39, 0.29) is 0 Å². The molecule has 0 unspecified atom stereocenters. The smallest absolute Gasteiger partial charge is 0.459 e. The third-order valence-corrected chi connectivity index (χ3v) is 5.58. The molecule has 1 aromatic carbocycles. The number of hydrogen-bond acceptors (Lipinski definition) is 6. The van der Waals surface area contributed by atoms with Crippen LogP contribution in [0.25, 0.3) is 11.3 Å². The summed E-state index contributed by atoms with van der Waals surface area (Å²) in [5.41, 5.74) is 2.56. The van der Waals surface area contributed by atoms with Crippen LogP contribution in [0, 0.1) is 0 Å². The van der Waals surface area contributed by atoms with Crippen molar-refractivity contribution in [1.29, 1.82) is 0 Å². The average Bonchev–Trinajstić information content (AvgIpc) is 3.29. The Labute approximate surface area is 166 Å². The van der Waals surface area contributed by atoms with E-state index in [0.29, 0.717) is 17.5 Å². The van der Waals surface area contributed by atoms with Crippen molar-refractivity contribution in [2.45, 2.75) is 6.61 Å². The molecule has 0 bridgehead atoms. The number of nitrogens with two attached hydrogens (primary N) is 1. The standard InChI is InChI=1S/C16H14BrN5O2S2/c1-22(21-18)15(23)19-12-6-7-25-14(12)8-24-16-20-13(9-26-16)10-2-4-11(17)5-3-10/h2-7,9,18H,8H2,1H3,(H,19,23)/p+1. The third-order valence-electron chi connectivity index (χ3n) is 3.40. The van der Waals surface area contributed by atoms with E-state index in [1.165, 1.54) is 29.7 Å². The van der Waals surface area contributed by atoms with Gasteiger partial charge < -0.3 is 4.74 Å². The number of thiophene rings is 1. The van der Waals surface area contributed by atoms with Crippen molar-refractivity contribution in [2.24, 2.45) is 11.1 Å². The molecule has 134 valence electrons. The second kappa shape index (κ2) is 8.39. The van der Waals surface area contributed by atoms with Gasteiger partial charge in [-0.05, 0) is 23.6 Å². The van der Waals surface area contributed by atoms with E-state index in [1.807, 2.05) is 35.0 Å². The Morgan fingerprint density at radius 3 is 2.85 bits per heavy atom. The second-order valence-electron chi connectivity index (χ2n) is 5.12. The Morgan fingerprint density at radius 2 is 2.12 bits per heavy atom. The number of rotatable bonds is 5. The van der Waals surface area contributed by atoms with Crippen LogP contribution in [-0.4, -0.2) is 22.8 Å². The summed E-state index contributed by atoms with van der Waals surface area (Å²) in [5.74, 6) is 5.09. The molecule has 3 aromatic rings. The molecule has 0 saturated heterocycles. The van der Waals surface area contributed by atoms with Gasteiger partial charge in [0.2, 0.25) is 0 Å². The van der Waals surface area contributed by atoms with Gasteiger partial charge in [-0.2, -0.15) is 0 Å². The fraction of sp³-hybridized carbons (Fsp3) is 0.125. The summed E-state index contributed by atoms with van der Waals surface area (Å²) in [7, 11) is 1.47. The van der Waals surface area contributed by atoms with Gasteiger partial charge in [0.1, 0.15) is 12.3 Å². The molecule has 7 nitrogen and oxygen atoms in total. The van der Waals surface area contributed by atoms with E-state index in [2.05, 4.69) is 31.5 Å². The molecular formula is C16H15BrN5O2S2+. The molecule has 0 aliphatic rings. The molecule has 0 aliphatic carbocycles. The van der Waals surface area contributed by atoms with Crippen LogP contribution in [-0.2, 0) is 6.61 Å². The summed E-state index contributed by atoms with van der Waals surface area (Å²) in [4.78, 5) is 17.2. The number of urea groups is 1. The number of halogens is 1. The summed E-state index contributed by atoms with van der Waals surface area (Å²) in [5, 5.41) is 10.4. The summed E-state index contributed by atoms with van der Waals surface area (Å²) in [6.07, 6.45) is 0. The van der Waals surface area contributed by atoms with Crippen molar-refractivity contribution in [3.8, 4) is 16.5 Å². The maximum Gasteiger partial charge on any atom is 0.459 e. The maximum absolute atomic E-state index is 11.8. The number of thiazole rings is 1. The number of anilines is 1. The van der Waals surface area contributed by atoms with E-state index in [4.69, 9.17) is 10.6 Å². The number of nitrogens with zero attached hydrogens (tertiary/aromatic N) is 3. The minimum atomic E-state index is -0.418. The van der Waals surface area contributed by atoms with Gasteiger partial charge in [-0.3, -0.25) is 0 Å². The number of aromatic nitrogens is 1. The molecule has 3 N–H and O–H groups in total. The van der Waals surface area contributed by atoms with E-state index in [1.54, 1.807) is 6.07 Å². The number of amides is 2. The second-order valence-corrected chi connectivity index (χ2v) is 7.86. The Morgan fingerprint density at radius 1 is 1.35 bits per heavy atom. The zero-order chi connectivity index (χ0) is 18.5. The molecule has 0 spiro atoms. The first kappa shape index (κ1) is 18.5. The lowest BCUT2D eigenvalue weighted by Crippen LogP contribution is -2.23. The molecule has 2 amide bonds. The molecule has 0 aliphatic heterocycles. The lowest BCUT2D eigenvalue weighted by Gasteiger charge is -2.03. The van der Waals surface area contributed by atoms with Gasteiger partial charge in [0.25, 0.3) is 5.19 Å². The fourth-order valence-corrected chi connectivity index (χ4v) is 3.70. The lowest BCUT2D eigenvalue weighted by molar-refractivity contribution is -0.466. The Bertz CT molecular complexity index is 936. The van der Waals surface area contributed by atoms with Crippen molar-refractivity contribution in [2.75, 3.05) is 12.4 Å². The van der Waals surface area contributed by atoms with Crippen molar-refractivity contribution in [3.63, 3.8) is 0 Å². The average molecular weight is 453 g/mol. The normalized spacial score (nSPS) is 11.4. The van der Waals surface area contributed by atoms with Gasteiger partial charge in [-0.25, -0.2) is 20.9 Å². The summed E-state index contributed by atoms with van der Waals surface area (Å²) < 4.78 is 7.82. The van der Waals surface area contributed by atoms with Crippen LogP contribution >= 0.6 is 38.6 Å². The zero-order valence-corrected chi connectivity index (χ0v) is 16.9. The largest absolute Gasteiger partial charge is 0.464 e. The van der Waals surface area contributed by atoms with Crippen molar-refractivity contribution >= 4 is 50.3 Å². The van der Waals surface area contributed by atoms with Crippen LogP contribution in [0.4, 0.5) is 10.5 Å². The van der Waals surface area contributed by atoms with Crippen LogP contribution in [0.5, 0.6) is 5.19 Å². The molecule has 0 radical (unpaired) electrons. The number of nitrogens with one attached hydrogen (secondary N) is 1. The highest BCUT2D eigenvalue weighted by molar-refractivity contribution is 9.10. The van der Waals surface area contributed by atoms with Crippen LogP contribution in [0.2, 0.25) is 0 Å². The molecule has 0 atom stereocenters. The van der Waals surface area contributed by atoms with E-state index >= 15 is 0 Å². The van der Waals surface area contributed by atoms with Crippen molar-refractivity contribution < 1.29 is 14.2 Å². The first-order valence-electron chi connectivity index (χ1n) is 7.43. The quantitative estimate of drug-likeness (QED) is 0.253. The highest BCUT2D eigenvalue weighted by Crippen LogP contribution is 2.29. The predicted molar refractivity (Wildman–Crippen MR) is 106 cm³/mol. The molecule has 2 heterocycles. The Balaban J connectivity index is 1.64. The number of hydrogen-bond donors (Lipinski definition) is 2. The minimum Gasteiger partial charge on any atom is -0.464 e. The van der Waals surface area contributed by atoms with Gasteiger partial charge in [-0.1, -0.05) is 39.4 Å². The topological polar surface area (TPSA) is 92.6 Å². The first-order chi connectivity index (χ1) is 12.6. The highest BCUT2D eigenvalue weighted by atomic mass is 79.9. The van der Waals surface area contributed by atoms with Crippen LogP contribution < -0.4 is 15.9 Å². The number of benzene rings is 1. The summed E-state index contributed by atoms with van der Waals surface area (Å²) >= 11 is 6.34. The van der Waals surface area contributed by atoms with Crippen molar-refractivity contribution in [3.05, 3.63) is 50.4 Å². The van der Waals surface area contributed by atoms with E-state index in [9.17, 15) is 4.79 Å². The van der Waals surface area contributed by atoms with Crippen LogP contribution in [0.15, 0.2) is 50.8 Å². The van der Waals surface area contributed by atoms with E-state index in [0.717, 1.165) is 25.3 Å². The number of carbonyl (C=O) groups excluding carboxylic acids is 1.